The molecule has 5 rings (SSSR count). The smallest absolute Gasteiger partial charge is 0.174 e. The number of rotatable bonds is 5. The number of aromatic nitrogens is 2. The van der Waals surface area contributed by atoms with Crippen LogP contribution in [-0.2, 0) is 0 Å². The number of nitrogens with zero attached hydrogens (tertiary/aromatic N) is 3. The van der Waals surface area contributed by atoms with E-state index in [0.717, 1.165) is 33.3 Å². The number of hydrogen-bond donors (Lipinski definition) is 1. The molecule has 34 heavy (non-hydrogen) atoms. The molecule has 0 radical (unpaired) electrons. The number of ether oxygens (including phenoxy) is 1. The van der Waals surface area contributed by atoms with Gasteiger partial charge < -0.3 is 19.5 Å². The molecule has 1 fully saturated rings. The van der Waals surface area contributed by atoms with Crippen LogP contribution >= 0.6 is 35.4 Å². The summed E-state index contributed by atoms with van der Waals surface area (Å²) in [6.45, 7) is 2.00. The van der Waals surface area contributed by atoms with E-state index in [-0.39, 0.29) is 12.1 Å². The third-order valence-corrected chi connectivity index (χ3v) is 7.05. The third-order valence-electron chi connectivity index (χ3n) is 6.01. The van der Waals surface area contributed by atoms with Gasteiger partial charge in [-0.1, -0.05) is 29.3 Å². The molecule has 2 atom stereocenters. The topological polar surface area (TPSA) is 42.3 Å². The van der Waals surface area contributed by atoms with Gasteiger partial charge in [0, 0.05) is 34.5 Å². The molecular weight excluding hydrogens is 487 g/mol. The summed E-state index contributed by atoms with van der Waals surface area (Å²) in [5.41, 5.74) is 4.85. The summed E-state index contributed by atoms with van der Waals surface area (Å²) in [5.74, 6) is 0.612. The highest BCUT2D eigenvalue weighted by molar-refractivity contribution is 7.80. The number of hydrogen-bond acceptors (Lipinski definition) is 3. The number of halogens is 2. The predicted molar refractivity (Wildman–Crippen MR) is 141 cm³/mol. The van der Waals surface area contributed by atoms with E-state index in [0.29, 0.717) is 15.9 Å². The molecule has 2 aromatic heterocycles. The summed E-state index contributed by atoms with van der Waals surface area (Å²) in [6.07, 6.45) is 3.85. The van der Waals surface area contributed by atoms with Crippen LogP contribution in [0.3, 0.4) is 0 Å². The molecule has 0 aliphatic carbocycles. The van der Waals surface area contributed by atoms with Gasteiger partial charge in [-0.15, -0.1) is 0 Å². The minimum absolute atomic E-state index is 0.170. The van der Waals surface area contributed by atoms with Crippen LogP contribution in [0.25, 0.3) is 5.69 Å². The summed E-state index contributed by atoms with van der Waals surface area (Å²) in [7, 11) is 1.60. The van der Waals surface area contributed by atoms with Gasteiger partial charge in [-0.25, -0.2) is 0 Å². The van der Waals surface area contributed by atoms with E-state index in [9.17, 15) is 0 Å². The highest BCUT2D eigenvalue weighted by Gasteiger charge is 2.42. The molecule has 0 saturated carbocycles. The molecule has 0 spiro atoms. The Kier molecular flexibility index (Phi) is 6.21. The first-order valence-electron chi connectivity index (χ1n) is 10.8. The summed E-state index contributed by atoms with van der Waals surface area (Å²) in [4.78, 5) is 6.73. The number of benzene rings is 2. The molecule has 0 unspecified atom stereocenters. The van der Waals surface area contributed by atoms with Gasteiger partial charge in [0.2, 0.25) is 0 Å². The summed E-state index contributed by atoms with van der Waals surface area (Å²) >= 11 is 18.6. The third kappa shape index (κ3) is 4.02. The highest BCUT2D eigenvalue weighted by Crippen LogP contribution is 2.43. The van der Waals surface area contributed by atoms with Crippen molar-refractivity contribution in [1.82, 2.24) is 14.9 Å². The van der Waals surface area contributed by atoms with Crippen LogP contribution in [0.15, 0.2) is 79.1 Å². The van der Waals surface area contributed by atoms with E-state index in [4.69, 9.17) is 40.2 Å². The SMILES string of the molecule is COc1ccc(N2C(=S)N[C@@H](c3ccccn3)[C@H]2c2cccn2-c2ccc(Cl)c(C)c2)cc1Cl. The zero-order valence-electron chi connectivity index (χ0n) is 18.6. The molecule has 0 bridgehead atoms. The van der Waals surface area contributed by atoms with Crippen LogP contribution in [0, 0.1) is 6.92 Å². The van der Waals surface area contributed by atoms with Crippen molar-refractivity contribution in [3.8, 4) is 11.4 Å². The maximum atomic E-state index is 6.50. The van der Waals surface area contributed by atoms with Crippen molar-refractivity contribution >= 4 is 46.2 Å². The van der Waals surface area contributed by atoms with Crippen LogP contribution in [0.2, 0.25) is 10.0 Å². The molecule has 172 valence electrons. The summed E-state index contributed by atoms with van der Waals surface area (Å²) < 4.78 is 7.52. The van der Waals surface area contributed by atoms with Gasteiger partial charge >= 0.3 is 0 Å². The lowest BCUT2D eigenvalue weighted by Gasteiger charge is -2.29. The van der Waals surface area contributed by atoms with Crippen molar-refractivity contribution in [2.24, 2.45) is 0 Å². The molecule has 4 aromatic rings. The lowest BCUT2D eigenvalue weighted by atomic mass is 10.0. The van der Waals surface area contributed by atoms with Crippen LogP contribution in [0.4, 0.5) is 5.69 Å². The molecule has 0 amide bonds. The molecule has 5 nitrogen and oxygen atoms in total. The zero-order chi connectivity index (χ0) is 23.8. The second-order valence-corrected chi connectivity index (χ2v) is 9.25. The van der Waals surface area contributed by atoms with Gasteiger partial charge in [0.1, 0.15) is 11.8 Å². The van der Waals surface area contributed by atoms with Crippen LogP contribution in [0.5, 0.6) is 5.75 Å². The van der Waals surface area contributed by atoms with E-state index < -0.39 is 0 Å². The van der Waals surface area contributed by atoms with Gasteiger partial charge in [0.25, 0.3) is 0 Å². The van der Waals surface area contributed by atoms with Gasteiger partial charge in [0.05, 0.1) is 23.9 Å². The van der Waals surface area contributed by atoms with Crippen molar-refractivity contribution in [3.05, 3.63) is 106 Å². The fourth-order valence-electron chi connectivity index (χ4n) is 4.39. The average molecular weight is 509 g/mol. The first-order valence-corrected chi connectivity index (χ1v) is 11.9. The minimum atomic E-state index is -0.183. The van der Waals surface area contributed by atoms with Crippen molar-refractivity contribution in [1.29, 1.82) is 0 Å². The maximum absolute atomic E-state index is 6.50. The molecule has 2 aromatic carbocycles. The van der Waals surface area contributed by atoms with Crippen LogP contribution in [0.1, 0.15) is 29.0 Å². The zero-order valence-corrected chi connectivity index (χ0v) is 20.9. The molecule has 3 heterocycles. The number of methoxy groups -OCH3 is 1. The van der Waals surface area contributed by atoms with E-state index in [2.05, 4.69) is 31.9 Å². The monoisotopic (exact) mass is 508 g/mol. The van der Waals surface area contributed by atoms with Gasteiger partial charge in [0.15, 0.2) is 5.11 Å². The quantitative estimate of drug-likeness (QED) is 0.304. The molecule has 1 saturated heterocycles. The second-order valence-electron chi connectivity index (χ2n) is 8.05. The van der Waals surface area contributed by atoms with E-state index in [1.165, 1.54) is 0 Å². The molecule has 1 N–H and O–H groups in total. The Labute approximate surface area is 213 Å². The Balaban J connectivity index is 1.67. The van der Waals surface area contributed by atoms with Gasteiger partial charge in [-0.3, -0.25) is 4.98 Å². The first-order chi connectivity index (χ1) is 16.5. The molecule has 1 aliphatic rings. The number of nitrogens with one attached hydrogen (secondary N) is 1. The minimum Gasteiger partial charge on any atom is -0.495 e. The van der Waals surface area contributed by atoms with Gasteiger partial charge in [-0.05, 0) is 85.4 Å². The maximum Gasteiger partial charge on any atom is 0.174 e. The Morgan fingerprint density at radius 1 is 0.971 bits per heavy atom. The van der Waals surface area contributed by atoms with Crippen molar-refractivity contribution in [3.63, 3.8) is 0 Å². The van der Waals surface area contributed by atoms with E-state index in [1.54, 1.807) is 13.3 Å². The Morgan fingerprint density at radius 3 is 2.50 bits per heavy atom. The normalized spacial score (nSPS) is 17.6. The average Bonchev–Trinajstić information content (AvgIpc) is 3.45. The fourth-order valence-corrected chi connectivity index (χ4v) is 5.10. The standard InChI is InChI=1S/C26H22Cl2N4OS/c1-16-14-17(8-10-19(16)27)31-13-5-7-22(31)25-24(21-6-3-4-12-29-21)30-26(34)32(25)18-9-11-23(33-2)20(28)15-18/h3-15,24-25H,1-2H3,(H,30,34)/t24-,25+/m0/s1. The van der Waals surface area contributed by atoms with Crippen molar-refractivity contribution in [2.45, 2.75) is 19.0 Å². The van der Waals surface area contributed by atoms with Crippen LogP contribution < -0.4 is 15.0 Å². The fraction of sp³-hybridized carbons (Fsp3) is 0.154. The van der Waals surface area contributed by atoms with Gasteiger partial charge in [-0.2, -0.15) is 0 Å². The largest absolute Gasteiger partial charge is 0.495 e. The summed E-state index contributed by atoms with van der Waals surface area (Å²) in [5, 5.41) is 5.35. The Bertz CT molecular complexity index is 1360. The number of thiocarbonyl (C=S) groups is 1. The Morgan fingerprint density at radius 2 is 1.79 bits per heavy atom. The molecule has 8 heteroatoms. The molecule has 1 aliphatic heterocycles. The first kappa shape index (κ1) is 22.7. The van der Waals surface area contributed by atoms with E-state index in [1.807, 2.05) is 67.7 Å². The van der Waals surface area contributed by atoms with Crippen molar-refractivity contribution < 1.29 is 4.74 Å². The lowest BCUT2D eigenvalue weighted by Crippen LogP contribution is -2.30. The summed E-state index contributed by atoms with van der Waals surface area (Å²) in [6, 6.07) is 21.4. The Hall–Kier alpha value is -3.06. The second kappa shape index (κ2) is 9.29. The van der Waals surface area contributed by atoms with Crippen LogP contribution in [-0.4, -0.2) is 21.8 Å². The molecular formula is C26H22Cl2N4OS. The predicted octanol–water partition coefficient (Wildman–Crippen LogP) is 6.67. The van der Waals surface area contributed by atoms with E-state index >= 15 is 0 Å². The number of aryl methyl sites for hydroxylation is 1. The number of anilines is 1. The highest BCUT2D eigenvalue weighted by atomic mass is 35.5. The van der Waals surface area contributed by atoms with Crippen molar-refractivity contribution in [2.75, 3.05) is 12.0 Å². The lowest BCUT2D eigenvalue weighted by molar-refractivity contribution is 0.415. The number of pyridine rings is 1.